The minimum absolute atomic E-state index is 0. The molecule has 1 aliphatic carbocycles. The molecule has 1 aliphatic heterocycles. The van der Waals surface area contributed by atoms with Gasteiger partial charge in [0.25, 0.3) is 0 Å². The molecule has 1 heterocycles. The molecule has 3 nitrogen and oxygen atoms in total. The fourth-order valence-electron chi connectivity index (χ4n) is 3.50. The highest BCUT2D eigenvalue weighted by Crippen LogP contribution is 2.26. The van der Waals surface area contributed by atoms with Crippen LogP contribution in [0.5, 0.6) is 0 Å². The van der Waals surface area contributed by atoms with E-state index in [0.29, 0.717) is 0 Å². The number of hydrogen-bond acceptors (Lipinski definition) is 2. The van der Waals surface area contributed by atoms with Crippen LogP contribution in [0.3, 0.4) is 0 Å². The second-order valence-corrected chi connectivity index (χ2v) is 6.01. The lowest BCUT2D eigenvalue weighted by Gasteiger charge is -2.27. The van der Waals surface area contributed by atoms with Gasteiger partial charge in [-0.3, -0.25) is 4.79 Å². The van der Waals surface area contributed by atoms with E-state index in [4.69, 9.17) is 0 Å². The number of amides is 1. The molecule has 1 amide bonds. The highest BCUT2D eigenvalue weighted by Gasteiger charge is 2.38. The maximum absolute atomic E-state index is 12.3. The van der Waals surface area contributed by atoms with Gasteiger partial charge in [-0.05, 0) is 38.1 Å². The van der Waals surface area contributed by atoms with E-state index in [1.165, 1.54) is 38.5 Å². The Kier molecular flexibility index (Phi) is 7.16. The van der Waals surface area contributed by atoms with Gasteiger partial charge in [0, 0.05) is 6.54 Å². The van der Waals surface area contributed by atoms with Crippen LogP contribution in [0.25, 0.3) is 0 Å². The summed E-state index contributed by atoms with van der Waals surface area (Å²) in [7, 11) is 0. The number of hydrogen-bond donors (Lipinski definition) is 2. The molecule has 112 valence electrons. The summed E-state index contributed by atoms with van der Waals surface area (Å²) in [6.45, 7) is 3.97. The zero-order valence-electron chi connectivity index (χ0n) is 12.2. The van der Waals surface area contributed by atoms with Gasteiger partial charge in [-0.1, -0.05) is 39.0 Å². The van der Waals surface area contributed by atoms with E-state index in [1.54, 1.807) is 0 Å². The van der Waals surface area contributed by atoms with Crippen molar-refractivity contribution in [2.24, 2.45) is 5.92 Å². The Morgan fingerprint density at radius 2 is 2.00 bits per heavy atom. The molecule has 0 radical (unpaired) electrons. The summed E-state index contributed by atoms with van der Waals surface area (Å²) in [5, 5.41) is 6.56. The fourth-order valence-corrected chi connectivity index (χ4v) is 3.50. The van der Waals surface area contributed by atoms with Crippen molar-refractivity contribution < 1.29 is 4.79 Å². The highest BCUT2D eigenvalue weighted by atomic mass is 35.5. The third kappa shape index (κ3) is 4.35. The lowest BCUT2D eigenvalue weighted by atomic mass is 9.87. The van der Waals surface area contributed by atoms with Crippen LogP contribution in [0.2, 0.25) is 0 Å². The highest BCUT2D eigenvalue weighted by molar-refractivity contribution is 5.86. The van der Waals surface area contributed by atoms with E-state index in [1.807, 2.05) is 0 Å². The minimum Gasteiger partial charge on any atom is -0.354 e. The third-order valence-electron chi connectivity index (χ3n) is 4.84. The smallest absolute Gasteiger partial charge is 0.240 e. The van der Waals surface area contributed by atoms with Crippen LogP contribution in [-0.2, 0) is 4.79 Å². The van der Waals surface area contributed by atoms with Crippen LogP contribution in [0.1, 0.15) is 64.7 Å². The molecule has 4 heteroatoms. The average molecular weight is 289 g/mol. The van der Waals surface area contributed by atoms with Crippen molar-refractivity contribution in [3.8, 4) is 0 Å². The summed E-state index contributed by atoms with van der Waals surface area (Å²) < 4.78 is 0. The van der Waals surface area contributed by atoms with Gasteiger partial charge in [0.2, 0.25) is 5.91 Å². The Labute approximate surface area is 123 Å². The van der Waals surface area contributed by atoms with Gasteiger partial charge >= 0.3 is 0 Å². The van der Waals surface area contributed by atoms with E-state index < -0.39 is 0 Å². The van der Waals surface area contributed by atoms with E-state index in [9.17, 15) is 4.79 Å². The fraction of sp³-hybridized carbons (Fsp3) is 0.933. The van der Waals surface area contributed by atoms with Gasteiger partial charge in [0.15, 0.2) is 0 Å². The quantitative estimate of drug-likeness (QED) is 0.816. The van der Waals surface area contributed by atoms with Crippen molar-refractivity contribution in [2.75, 3.05) is 13.1 Å². The maximum Gasteiger partial charge on any atom is 0.240 e. The molecular weight excluding hydrogens is 260 g/mol. The number of carbonyl (C=O) groups excluding carboxylic acids is 1. The van der Waals surface area contributed by atoms with E-state index >= 15 is 0 Å². The number of halogens is 1. The summed E-state index contributed by atoms with van der Waals surface area (Å²) >= 11 is 0. The van der Waals surface area contributed by atoms with Crippen molar-refractivity contribution >= 4 is 18.3 Å². The zero-order valence-corrected chi connectivity index (χ0v) is 13.0. The van der Waals surface area contributed by atoms with Crippen LogP contribution >= 0.6 is 12.4 Å². The first-order valence-electron chi connectivity index (χ1n) is 7.80. The van der Waals surface area contributed by atoms with Gasteiger partial charge in [0.05, 0.1) is 5.54 Å². The average Bonchev–Trinajstić information content (AvgIpc) is 2.90. The molecule has 1 saturated heterocycles. The summed E-state index contributed by atoms with van der Waals surface area (Å²) in [6, 6.07) is 0. The topological polar surface area (TPSA) is 41.1 Å². The molecule has 1 saturated carbocycles. The number of carbonyl (C=O) groups is 1. The van der Waals surface area contributed by atoms with E-state index in [2.05, 4.69) is 17.6 Å². The monoisotopic (exact) mass is 288 g/mol. The molecule has 2 rings (SSSR count). The van der Waals surface area contributed by atoms with Crippen molar-refractivity contribution in [1.29, 1.82) is 0 Å². The predicted molar refractivity (Wildman–Crippen MR) is 81.7 cm³/mol. The molecule has 1 unspecified atom stereocenters. The summed E-state index contributed by atoms with van der Waals surface area (Å²) in [6.07, 6.45) is 11.1. The van der Waals surface area contributed by atoms with Gasteiger partial charge in [-0.2, -0.15) is 0 Å². The van der Waals surface area contributed by atoms with Crippen molar-refractivity contribution in [3.05, 3.63) is 0 Å². The Hall–Kier alpha value is -0.280. The number of rotatable bonds is 5. The molecule has 0 aromatic rings. The third-order valence-corrected chi connectivity index (χ3v) is 4.84. The molecule has 0 aromatic heterocycles. The molecule has 19 heavy (non-hydrogen) atoms. The maximum atomic E-state index is 12.3. The van der Waals surface area contributed by atoms with Crippen molar-refractivity contribution in [1.82, 2.24) is 10.6 Å². The van der Waals surface area contributed by atoms with Crippen LogP contribution < -0.4 is 10.6 Å². The lowest BCUT2D eigenvalue weighted by Crippen LogP contribution is -2.53. The van der Waals surface area contributed by atoms with Crippen molar-refractivity contribution in [2.45, 2.75) is 70.3 Å². The largest absolute Gasteiger partial charge is 0.354 e. The Bertz CT molecular complexity index is 271. The first-order valence-corrected chi connectivity index (χ1v) is 7.80. The number of nitrogens with one attached hydrogen (secondary N) is 2. The minimum atomic E-state index is -0.257. The Morgan fingerprint density at radius 1 is 1.26 bits per heavy atom. The molecule has 0 bridgehead atoms. The van der Waals surface area contributed by atoms with Crippen LogP contribution in [0, 0.1) is 5.92 Å². The molecule has 2 N–H and O–H groups in total. The molecule has 2 fully saturated rings. The Balaban J connectivity index is 0.00000180. The SMILES string of the molecule is CCC1(C(=O)NCCC2CCCCC2)CCCN1.Cl. The predicted octanol–water partition coefficient (Wildman–Crippen LogP) is 3.03. The van der Waals surface area contributed by atoms with Gasteiger partial charge < -0.3 is 10.6 Å². The summed E-state index contributed by atoms with van der Waals surface area (Å²) in [5.41, 5.74) is -0.257. The second-order valence-electron chi connectivity index (χ2n) is 6.01. The van der Waals surface area contributed by atoms with Gasteiger partial charge in [0.1, 0.15) is 0 Å². The van der Waals surface area contributed by atoms with Crippen LogP contribution in [0.4, 0.5) is 0 Å². The first-order chi connectivity index (χ1) is 8.77. The molecule has 0 aromatic carbocycles. The van der Waals surface area contributed by atoms with E-state index in [0.717, 1.165) is 38.3 Å². The normalized spacial score (nSPS) is 27.8. The van der Waals surface area contributed by atoms with Gasteiger partial charge in [-0.15, -0.1) is 12.4 Å². The molecule has 0 spiro atoms. The first kappa shape index (κ1) is 16.8. The van der Waals surface area contributed by atoms with Gasteiger partial charge in [-0.25, -0.2) is 0 Å². The lowest BCUT2D eigenvalue weighted by molar-refractivity contribution is -0.127. The molecular formula is C15H29ClN2O. The van der Waals surface area contributed by atoms with Crippen LogP contribution in [-0.4, -0.2) is 24.5 Å². The molecule has 2 aliphatic rings. The van der Waals surface area contributed by atoms with Crippen molar-refractivity contribution in [3.63, 3.8) is 0 Å². The zero-order chi connectivity index (χ0) is 12.8. The second kappa shape index (κ2) is 8.11. The Morgan fingerprint density at radius 3 is 2.58 bits per heavy atom. The standard InChI is InChI=1S/C15H28N2O.ClH/c1-2-15(10-6-11-17-15)14(18)16-12-9-13-7-4-3-5-8-13;/h13,17H,2-12H2,1H3,(H,16,18);1H. The molecule has 1 atom stereocenters. The van der Waals surface area contributed by atoms with Crippen LogP contribution in [0.15, 0.2) is 0 Å². The summed E-state index contributed by atoms with van der Waals surface area (Å²) in [5.74, 6) is 1.09. The summed E-state index contributed by atoms with van der Waals surface area (Å²) in [4.78, 5) is 12.3. The van der Waals surface area contributed by atoms with E-state index in [-0.39, 0.29) is 23.9 Å².